The molecule has 0 spiro atoms. The summed E-state index contributed by atoms with van der Waals surface area (Å²) in [5.41, 5.74) is 2.26. The molecular formula is C27H38FN3O4S. The predicted molar refractivity (Wildman–Crippen MR) is 141 cm³/mol. The number of halogens is 1. The average Bonchev–Trinajstić information content (AvgIpc) is 2.81. The molecule has 198 valence electrons. The van der Waals surface area contributed by atoms with Crippen LogP contribution in [0.1, 0.15) is 51.2 Å². The van der Waals surface area contributed by atoms with Gasteiger partial charge in [0.05, 0.1) is 11.9 Å². The Balaban J connectivity index is 2.19. The first-order valence-corrected chi connectivity index (χ1v) is 14.1. The van der Waals surface area contributed by atoms with E-state index in [1.807, 2.05) is 39.8 Å². The molecule has 0 aliphatic rings. The molecule has 0 aliphatic carbocycles. The topological polar surface area (TPSA) is 86.8 Å². The van der Waals surface area contributed by atoms with E-state index in [0.717, 1.165) is 11.8 Å². The van der Waals surface area contributed by atoms with Crippen molar-refractivity contribution in [3.63, 3.8) is 0 Å². The Morgan fingerprint density at radius 1 is 1.03 bits per heavy atom. The Morgan fingerprint density at radius 3 is 2.17 bits per heavy atom. The van der Waals surface area contributed by atoms with E-state index < -0.39 is 16.1 Å². The van der Waals surface area contributed by atoms with Gasteiger partial charge >= 0.3 is 0 Å². The van der Waals surface area contributed by atoms with Gasteiger partial charge in [0.1, 0.15) is 11.9 Å². The van der Waals surface area contributed by atoms with Gasteiger partial charge in [0.2, 0.25) is 21.8 Å². The van der Waals surface area contributed by atoms with Crippen molar-refractivity contribution in [1.82, 2.24) is 10.2 Å². The summed E-state index contributed by atoms with van der Waals surface area (Å²) < 4.78 is 39.5. The zero-order valence-corrected chi connectivity index (χ0v) is 22.6. The molecule has 7 nitrogen and oxygen atoms in total. The van der Waals surface area contributed by atoms with Crippen molar-refractivity contribution in [2.75, 3.05) is 23.7 Å². The van der Waals surface area contributed by atoms with Crippen LogP contribution in [0.2, 0.25) is 0 Å². The molecule has 1 atom stereocenters. The largest absolute Gasteiger partial charge is 0.354 e. The van der Waals surface area contributed by atoms with Gasteiger partial charge in [-0.05, 0) is 55.5 Å². The van der Waals surface area contributed by atoms with Crippen LogP contribution in [0.4, 0.5) is 10.1 Å². The number of hydrogen-bond acceptors (Lipinski definition) is 4. The molecule has 0 bridgehead atoms. The average molecular weight is 520 g/mol. The van der Waals surface area contributed by atoms with E-state index in [2.05, 4.69) is 5.32 Å². The quantitative estimate of drug-likeness (QED) is 0.428. The van der Waals surface area contributed by atoms with Crippen molar-refractivity contribution in [2.24, 2.45) is 5.92 Å². The Labute approximate surface area is 214 Å². The van der Waals surface area contributed by atoms with Gasteiger partial charge in [-0.3, -0.25) is 13.9 Å². The Morgan fingerprint density at radius 2 is 1.64 bits per heavy atom. The number of carbonyl (C=O) groups is 2. The summed E-state index contributed by atoms with van der Waals surface area (Å²) in [6.07, 6.45) is 1.90. The van der Waals surface area contributed by atoms with E-state index >= 15 is 0 Å². The highest BCUT2D eigenvalue weighted by Gasteiger charge is 2.29. The number of aryl methyl sites for hydroxylation is 1. The minimum atomic E-state index is -3.54. The van der Waals surface area contributed by atoms with Crippen LogP contribution in [-0.4, -0.2) is 50.5 Å². The van der Waals surface area contributed by atoms with Gasteiger partial charge in [0, 0.05) is 26.1 Å². The standard InChI is InChI=1S/C27H38FN3O4S/c1-6-25(27(33)29-18-20(2)3)30(19-22-11-13-23(28)14-12-22)26(32)8-7-17-31(36(5,34)35)24-15-9-21(4)10-16-24/h9-16,20,25H,6-8,17-19H2,1-5H3,(H,29,33)/t25-/m0/s1. The molecule has 0 aromatic heterocycles. The molecule has 0 unspecified atom stereocenters. The van der Waals surface area contributed by atoms with Crippen LogP contribution in [0.15, 0.2) is 48.5 Å². The normalized spacial score (nSPS) is 12.3. The molecule has 0 fully saturated rings. The van der Waals surface area contributed by atoms with Gasteiger partial charge in [-0.2, -0.15) is 0 Å². The minimum Gasteiger partial charge on any atom is -0.354 e. The van der Waals surface area contributed by atoms with Crippen molar-refractivity contribution in [1.29, 1.82) is 0 Å². The molecule has 0 radical (unpaired) electrons. The van der Waals surface area contributed by atoms with Gasteiger partial charge < -0.3 is 10.2 Å². The fourth-order valence-electron chi connectivity index (χ4n) is 3.84. The first-order valence-electron chi connectivity index (χ1n) is 12.3. The summed E-state index contributed by atoms with van der Waals surface area (Å²) in [7, 11) is -3.54. The number of rotatable bonds is 13. The minimum absolute atomic E-state index is 0.0625. The highest BCUT2D eigenvalue weighted by atomic mass is 32.2. The number of benzene rings is 2. The van der Waals surface area contributed by atoms with Crippen LogP contribution in [0.25, 0.3) is 0 Å². The lowest BCUT2D eigenvalue weighted by atomic mass is 10.1. The number of nitrogens with one attached hydrogen (secondary N) is 1. The summed E-state index contributed by atoms with van der Waals surface area (Å²) >= 11 is 0. The Hall–Kier alpha value is -2.94. The van der Waals surface area contributed by atoms with E-state index in [4.69, 9.17) is 0 Å². The van der Waals surface area contributed by atoms with Crippen LogP contribution in [0.3, 0.4) is 0 Å². The number of sulfonamides is 1. The molecule has 0 saturated heterocycles. The van der Waals surface area contributed by atoms with Gasteiger partial charge in [-0.1, -0.05) is 50.6 Å². The third-order valence-corrected chi connectivity index (χ3v) is 7.00. The second-order valence-electron chi connectivity index (χ2n) is 9.49. The van der Waals surface area contributed by atoms with Crippen molar-refractivity contribution in [3.8, 4) is 0 Å². The number of carbonyl (C=O) groups excluding carboxylic acids is 2. The maximum Gasteiger partial charge on any atom is 0.242 e. The van der Waals surface area contributed by atoms with Crippen LogP contribution < -0.4 is 9.62 Å². The first kappa shape index (κ1) is 29.3. The zero-order valence-electron chi connectivity index (χ0n) is 21.8. The molecule has 2 aromatic carbocycles. The van der Waals surface area contributed by atoms with E-state index in [1.165, 1.54) is 21.3 Å². The summed E-state index contributed by atoms with van der Waals surface area (Å²) in [4.78, 5) is 27.8. The lowest BCUT2D eigenvalue weighted by Crippen LogP contribution is -2.49. The van der Waals surface area contributed by atoms with Crippen molar-refractivity contribution in [3.05, 3.63) is 65.5 Å². The Bertz CT molecular complexity index is 1100. The first-order chi connectivity index (χ1) is 16.9. The van der Waals surface area contributed by atoms with Crippen molar-refractivity contribution >= 4 is 27.5 Å². The zero-order chi connectivity index (χ0) is 26.9. The maximum absolute atomic E-state index is 13.4. The van der Waals surface area contributed by atoms with E-state index in [1.54, 1.807) is 24.3 Å². The molecular weight excluding hydrogens is 481 g/mol. The molecule has 2 amide bonds. The molecule has 0 saturated carbocycles. The van der Waals surface area contributed by atoms with E-state index in [-0.39, 0.29) is 49.5 Å². The maximum atomic E-state index is 13.4. The smallest absolute Gasteiger partial charge is 0.242 e. The fraction of sp³-hybridized carbons (Fsp3) is 0.481. The molecule has 0 aliphatic heterocycles. The lowest BCUT2D eigenvalue weighted by molar-refractivity contribution is -0.141. The molecule has 0 heterocycles. The van der Waals surface area contributed by atoms with Gasteiger partial charge in [-0.15, -0.1) is 0 Å². The second-order valence-corrected chi connectivity index (χ2v) is 11.4. The second kappa shape index (κ2) is 13.4. The van der Waals surface area contributed by atoms with Gasteiger partial charge in [-0.25, -0.2) is 12.8 Å². The number of anilines is 1. The van der Waals surface area contributed by atoms with E-state index in [9.17, 15) is 22.4 Å². The highest BCUT2D eigenvalue weighted by molar-refractivity contribution is 7.92. The van der Waals surface area contributed by atoms with Crippen LogP contribution in [0, 0.1) is 18.7 Å². The van der Waals surface area contributed by atoms with Gasteiger partial charge in [0.25, 0.3) is 0 Å². The lowest BCUT2D eigenvalue weighted by Gasteiger charge is -2.31. The van der Waals surface area contributed by atoms with Gasteiger partial charge in [0.15, 0.2) is 0 Å². The molecule has 1 N–H and O–H groups in total. The summed E-state index contributed by atoms with van der Waals surface area (Å²) in [6, 6.07) is 12.3. The molecule has 2 aromatic rings. The van der Waals surface area contributed by atoms with Crippen LogP contribution in [-0.2, 0) is 26.2 Å². The number of amides is 2. The fourth-order valence-corrected chi connectivity index (χ4v) is 4.81. The van der Waals surface area contributed by atoms with Crippen LogP contribution in [0.5, 0.6) is 0 Å². The summed E-state index contributed by atoms with van der Waals surface area (Å²) in [5.74, 6) is -0.617. The summed E-state index contributed by atoms with van der Waals surface area (Å²) in [6.45, 7) is 8.52. The number of nitrogens with zero attached hydrogens (tertiary/aromatic N) is 2. The highest BCUT2D eigenvalue weighted by Crippen LogP contribution is 2.20. The van der Waals surface area contributed by atoms with Crippen molar-refractivity contribution < 1.29 is 22.4 Å². The van der Waals surface area contributed by atoms with Crippen molar-refractivity contribution in [2.45, 2.75) is 59.5 Å². The molecule has 36 heavy (non-hydrogen) atoms. The third-order valence-electron chi connectivity index (χ3n) is 5.81. The predicted octanol–water partition coefficient (Wildman–Crippen LogP) is 4.26. The SMILES string of the molecule is CC[C@@H](C(=O)NCC(C)C)N(Cc1ccc(F)cc1)C(=O)CCCN(c1ccc(C)cc1)S(C)(=O)=O. The van der Waals surface area contributed by atoms with Crippen LogP contribution >= 0.6 is 0 Å². The summed E-state index contributed by atoms with van der Waals surface area (Å²) in [5, 5.41) is 2.90. The van der Waals surface area contributed by atoms with E-state index in [0.29, 0.717) is 24.2 Å². The molecule has 9 heteroatoms. The monoisotopic (exact) mass is 519 g/mol. The third kappa shape index (κ3) is 8.93. The number of hydrogen-bond donors (Lipinski definition) is 1. The Kier molecular flexibility index (Phi) is 10.9. The molecule has 2 rings (SSSR count).